The second kappa shape index (κ2) is 12.7. The second-order valence-electron chi connectivity index (χ2n) is 10.8. The average Bonchev–Trinajstić information content (AvgIpc) is 2.40. The number of carboxylic acids is 2. The molecule has 31 heavy (non-hydrogen) atoms. The third kappa shape index (κ3) is 32.8. The number of hydrogen-bond acceptors (Lipinski definition) is 7. The lowest BCUT2D eigenvalue weighted by Crippen LogP contribution is -2.27. The van der Waals surface area contributed by atoms with E-state index < -0.39 is 38.1 Å². The van der Waals surface area contributed by atoms with Crippen LogP contribution in [0.25, 0.3) is 0 Å². The van der Waals surface area contributed by atoms with Gasteiger partial charge < -0.3 is 37.8 Å². The summed E-state index contributed by atoms with van der Waals surface area (Å²) in [6.45, 7) is 0. The van der Waals surface area contributed by atoms with E-state index in [1.54, 1.807) is 0 Å². The summed E-state index contributed by atoms with van der Waals surface area (Å²) in [5.74, 6) is -3.60. The van der Waals surface area contributed by atoms with E-state index in [4.69, 9.17) is 0 Å². The molecule has 0 unspecified atom stereocenters. The minimum atomic E-state index is -4.95. The largest absolute Gasteiger partial charge is 0.744 e. The zero-order chi connectivity index (χ0) is 26.0. The van der Waals surface area contributed by atoms with Crippen LogP contribution in [-0.4, -0.2) is 123 Å². The smallest absolute Gasteiger partial charge is 0.124 e. The van der Waals surface area contributed by atoms with Gasteiger partial charge >= 0.3 is 0 Å². The normalized spacial score (nSPS) is 11.5. The van der Waals surface area contributed by atoms with Gasteiger partial charge in [0.25, 0.3) is 0 Å². The Bertz CT molecular complexity index is 738. The molecule has 1 aromatic rings. The summed E-state index contributed by atoms with van der Waals surface area (Å²) in [6, 6.07) is 1.67. The third-order valence-corrected chi connectivity index (χ3v) is 2.48. The van der Waals surface area contributed by atoms with Gasteiger partial charge in [-0.25, -0.2) is 8.42 Å². The van der Waals surface area contributed by atoms with Gasteiger partial charge in [0.2, 0.25) is 0 Å². The highest BCUT2D eigenvalue weighted by atomic mass is 32.2. The van der Waals surface area contributed by atoms with Crippen molar-refractivity contribution in [3.63, 3.8) is 0 Å². The molecule has 0 heterocycles. The molecule has 10 nitrogen and oxygen atoms in total. The van der Waals surface area contributed by atoms with E-state index in [2.05, 4.69) is 84.6 Å². The summed E-state index contributed by atoms with van der Waals surface area (Å²) in [5.41, 5.74) is -1.45. The van der Waals surface area contributed by atoms with Gasteiger partial charge in [0.05, 0.1) is 101 Å². The molecule has 1 aromatic carbocycles. The molecule has 0 amide bonds. The molecule has 0 N–H and O–H groups in total. The molecule has 0 fully saturated rings. The summed E-state index contributed by atoms with van der Waals surface area (Å²) in [6.07, 6.45) is 0. The Labute approximate surface area is 187 Å². The standard InChI is InChI=1S/C8H6O7S.3C4H12N/c9-7(10)4-1-5(8(11)12)3-6(2-4)16(13,14)15;3*1-5(2,3)4/h1-3H,(H,9,10)(H,11,12)(H,13,14,15);3*1-4H3/q;3*+1/p-3. The number of carboxylic acid groups (broad SMARTS) is 2. The first-order chi connectivity index (χ1) is 13.2. The van der Waals surface area contributed by atoms with E-state index in [1.165, 1.54) is 0 Å². The molecule has 0 aliphatic heterocycles. The van der Waals surface area contributed by atoms with Crippen molar-refractivity contribution in [1.82, 2.24) is 0 Å². The summed E-state index contributed by atoms with van der Waals surface area (Å²) >= 11 is 0. The van der Waals surface area contributed by atoms with Gasteiger partial charge in [-0.15, -0.1) is 0 Å². The third-order valence-electron chi connectivity index (χ3n) is 1.67. The molecular weight excluding hydrogens is 426 g/mol. The van der Waals surface area contributed by atoms with Crippen molar-refractivity contribution in [3.8, 4) is 0 Å². The van der Waals surface area contributed by atoms with Crippen LogP contribution >= 0.6 is 0 Å². The van der Waals surface area contributed by atoms with Crippen molar-refractivity contribution in [2.24, 2.45) is 0 Å². The quantitative estimate of drug-likeness (QED) is 0.382. The molecule has 0 saturated heterocycles. The Hall–Kier alpha value is -2.05. The van der Waals surface area contributed by atoms with Crippen LogP contribution in [0.5, 0.6) is 0 Å². The lowest BCUT2D eigenvalue weighted by Gasteiger charge is -2.14. The topological polar surface area (TPSA) is 137 Å². The molecule has 11 heteroatoms. The SMILES string of the molecule is C[N+](C)(C)C.C[N+](C)(C)C.C[N+](C)(C)C.O=C([O-])c1cc(C(=O)[O-])cc(S(=O)(=O)[O-])c1. The first-order valence-corrected chi connectivity index (χ1v) is 10.5. The van der Waals surface area contributed by atoms with Crippen LogP contribution in [0.4, 0.5) is 0 Å². The predicted molar refractivity (Wildman–Crippen MR) is 115 cm³/mol. The highest BCUT2D eigenvalue weighted by molar-refractivity contribution is 7.85. The first kappa shape index (κ1) is 33.6. The number of aromatic carboxylic acids is 2. The van der Waals surface area contributed by atoms with Crippen LogP contribution in [0.3, 0.4) is 0 Å². The van der Waals surface area contributed by atoms with Crippen molar-refractivity contribution in [1.29, 1.82) is 0 Å². The van der Waals surface area contributed by atoms with Crippen molar-refractivity contribution in [2.75, 3.05) is 84.6 Å². The number of benzene rings is 1. The van der Waals surface area contributed by atoms with Crippen molar-refractivity contribution in [2.45, 2.75) is 4.90 Å². The van der Waals surface area contributed by atoms with Gasteiger partial charge in [0, 0.05) is 0 Å². The summed E-state index contributed by atoms with van der Waals surface area (Å²) in [5, 5.41) is 20.9. The Morgan fingerprint density at radius 1 is 0.613 bits per heavy atom. The maximum absolute atomic E-state index is 10.6. The van der Waals surface area contributed by atoms with E-state index in [0.29, 0.717) is 18.2 Å². The van der Waals surface area contributed by atoms with Gasteiger partial charge in [-0.05, 0) is 29.3 Å². The van der Waals surface area contributed by atoms with Gasteiger partial charge in [-0.2, -0.15) is 0 Å². The Kier molecular flexibility index (Phi) is 13.8. The van der Waals surface area contributed by atoms with Crippen molar-refractivity contribution < 1.29 is 46.2 Å². The van der Waals surface area contributed by atoms with Crippen LogP contribution in [0.2, 0.25) is 0 Å². The van der Waals surface area contributed by atoms with E-state index >= 15 is 0 Å². The molecule has 0 aliphatic rings. The van der Waals surface area contributed by atoms with Gasteiger partial charge in [0.15, 0.2) is 0 Å². The number of quaternary nitrogens is 3. The molecule has 0 atom stereocenters. The van der Waals surface area contributed by atoms with E-state index in [1.807, 2.05) is 0 Å². The summed E-state index contributed by atoms with van der Waals surface area (Å²) < 4.78 is 34.8. The molecule has 0 aliphatic carbocycles. The molecule has 0 radical (unpaired) electrons. The van der Waals surface area contributed by atoms with Crippen LogP contribution in [0, 0.1) is 0 Å². The fourth-order valence-electron chi connectivity index (χ4n) is 0.979. The van der Waals surface area contributed by atoms with E-state index in [9.17, 15) is 32.8 Å². The molecule has 182 valence electrons. The molecule has 1 rings (SSSR count). The fourth-order valence-corrected chi connectivity index (χ4v) is 1.52. The number of carbonyl (C=O) groups excluding carboxylic acids is 2. The zero-order valence-corrected chi connectivity index (χ0v) is 21.7. The number of carbonyl (C=O) groups is 2. The number of nitrogens with zero attached hydrogens (tertiary/aromatic N) is 3. The maximum Gasteiger partial charge on any atom is 0.124 e. The van der Waals surface area contributed by atoms with E-state index in [-0.39, 0.29) is 0 Å². The summed E-state index contributed by atoms with van der Waals surface area (Å²) in [4.78, 5) is 19.9. The van der Waals surface area contributed by atoms with Crippen molar-refractivity contribution in [3.05, 3.63) is 29.3 Å². The lowest BCUT2D eigenvalue weighted by atomic mass is 10.1. The van der Waals surface area contributed by atoms with Crippen LogP contribution < -0.4 is 10.2 Å². The lowest BCUT2D eigenvalue weighted by molar-refractivity contribution is -0.849. The van der Waals surface area contributed by atoms with Gasteiger partial charge in [-0.3, -0.25) is 0 Å². The van der Waals surface area contributed by atoms with Crippen LogP contribution in [-0.2, 0) is 10.1 Å². The molecule has 0 spiro atoms. The van der Waals surface area contributed by atoms with Gasteiger partial charge in [-0.1, -0.05) is 0 Å². The average molecular weight is 466 g/mol. The van der Waals surface area contributed by atoms with Crippen LogP contribution in [0.15, 0.2) is 23.1 Å². The monoisotopic (exact) mass is 465 g/mol. The minimum Gasteiger partial charge on any atom is -0.744 e. The molecular formula is C20H39N3O7S. The molecule has 0 bridgehead atoms. The zero-order valence-electron chi connectivity index (χ0n) is 20.8. The van der Waals surface area contributed by atoms with Crippen molar-refractivity contribution >= 4 is 22.1 Å². The summed E-state index contributed by atoms with van der Waals surface area (Å²) in [7, 11) is 20.6. The predicted octanol–water partition coefficient (Wildman–Crippen LogP) is -1.72. The van der Waals surface area contributed by atoms with Crippen LogP contribution in [0.1, 0.15) is 20.7 Å². The number of hydrogen-bond donors (Lipinski definition) is 0. The Morgan fingerprint density at radius 3 is 0.935 bits per heavy atom. The first-order valence-electron chi connectivity index (χ1n) is 9.12. The highest BCUT2D eigenvalue weighted by Crippen LogP contribution is 2.14. The van der Waals surface area contributed by atoms with Gasteiger partial charge in [0.1, 0.15) is 10.1 Å². The minimum absolute atomic E-state index is 0.518. The highest BCUT2D eigenvalue weighted by Gasteiger charge is 2.07. The Balaban J connectivity index is -0.000000428. The molecule has 0 aromatic heterocycles. The number of rotatable bonds is 3. The fraction of sp³-hybridized carbons (Fsp3) is 0.600. The van der Waals surface area contributed by atoms with E-state index in [0.717, 1.165) is 13.4 Å². The maximum atomic E-state index is 10.6. The second-order valence-corrected chi connectivity index (χ2v) is 12.2. The molecule has 0 saturated carbocycles. The Morgan fingerprint density at radius 2 is 0.806 bits per heavy atom.